The molecule has 0 atom stereocenters. The summed E-state index contributed by atoms with van der Waals surface area (Å²) < 4.78 is 43.4. The highest BCUT2D eigenvalue weighted by molar-refractivity contribution is 8.00. The highest BCUT2D eigenvalue weighted by Gasteiger charge is 2.40. The summed E-state index contributed by atoms with van der Waals surface area (Å²) in [6.07, 6.45) is -4.69. The van der Waals surface area contributed by atoms with Gasteiger partial charge in [-0.25, -0.2) is 4.98 Å². The number of alkyl halides is 3. The van der Waals surface area contributed by atoms with Gasteiger partial charge in [0.05, 0.1) is 18.7 Å². The summed E-state index contributed by atoms with van der Waals surface area (Å²) in [6.45, 7) is 3.64. The molecule has 10 heteroatoms. The van der Waals surface area contributed by atoms with Crippen LogP contribution in [0, 0.1) is 12.1 Å². The van der Waals surface area contributed by atoms with Gasteiger partial charge in [-0.1, -0.05) is 0 Å². The fourth-order valence-corrected chi connectivity index (χ4v) is 3.99. The van der Waals surface area contributed by atoms with Crippen LogP contribution in [-0.4, -0.2) is 17.6 Å². The van der Waals surface area contributed by atoms with E-state index in [1.807, 2.05) is 0 Å². The molecule has 0 fully saturated rings. The minimum atomic E-state index is -4.73. The number of carbonyl (C=O) groups excluding carboxylic acids is 1. The second-order valence-electron chi connectivity index (χ2n) is 4.61. The van der Waals surface area contributed by atoms with Crippen LogP contribution < -0.4 is 4.73 Å². The van der Waals surface area contributed by atoms with Gasteiger partial charge in [0.2, 0.25) is 0 Å². The quantitative estimate of drug-likeness (QED) is 0.453. The Morgan fingerprint density at radius 2 is 2.17 bits per heavy atom. The first-order chi connectivity index (χ1) is 11.2. The third kappa shape index (κ3) is 4.38. The summed E-state index contributed by atoms with van der Waals surface area (Å²) in [4.78, 5) is 16.4. The van der Waals surface area contributed by atoms with Crippen molar-refractivity contribution in [3.8, 4) is 0 Å². The van der Waals surface area contributed by atoms with Gasteiger partial charge in [-0.05, 0) is 19.9 Å². The van der Waals surface area contributed by atoms with E-state index in [4.69, 9.17) is 4.74 Å². The lowest BCUT2D eigenvalue weighted by Gasteiger charge is -2.09. The van der Waals surface area contributed by atoms with E-state index in [0.717, 1.165) is 29.2 Å². The number of hydrogen-bond acceptors (Lipinski definition) is 6. The van der Waals surface area contributed by atoms with E-state index < -0.39 is 17.8 Å². The molecule has 0 bridgehead atoms. The normalized spacial score (nSPS) is 11.5. The van der Waals surface area contributed by atoms with Gasteiger partial charge in [0, 0.05) is 28.8 Å². The number of carbonyl (C=O) groups is 1. The molecule has 0 aromatic carbocycles. The largest absolute Gasteiger partial charge is 0.617 e. The minimum Gasteiger partial charge on any atom is -0.617 e. The SMILES string of the molecule is CCOC(=O)Cc1sc(Sc2cccc(C(F)(F)F)[n+]2[O-])nc1C. The molecular weight excluding hydrogens is 365 g/mol. The minimum absolute atomic E-state index is 0.0395. The zero-order chi connectivity index (χ0) is 17.9. The number of ether oxygens (including phenoxy) is 1. The van der Waals surface area contributed by atoms with Crippen molar-refractivity contribution in [3.63, 3.8) is 0 Å². The first kappa shape index (κ1) is 18.5. The molecular formula is C14H13F3N2O3S2. The highest BCUT2D eigenvalue weighted by Crippen LogP contribution is 2.33. The van der Waals surface area contributed by atoms with E-state index in [1.165, 1.54) is 12.1 Å². The van der Waals surface area contributed by atoms with Crippen molar-refractivity contribution in [2.45, 2.75) is 35.8 Å². The topological polar surface area (TPSA) is 66.1 Å². The third-order valence-corrected chi connectivity index (χ3v) is 5.11. The fraction of sp³-hybridized carbons (Fsp3) is 0.357. The second kappa shape index (κ2) is 7.39. The number of pyridine rings is 1. The lowest BCUT2D eigenvalue weighted by Crippen LogP contribution is -2.38. The number of hydrogen-bond donors (Lipinski definition) is 0. The van der Waals surface area contributed by atoms with E-state index >= 15 is 0 Å². The Hall–Kier alpha value is -1.81. The average Bonchev–Trinajstić information content (AvgIpc) is 2.80. The molecule has 0 aliphatic carbocycles. The Morgan fingerprint density at radius 3 is 2.79 bits per heavy atom. The molecule has 0 N–H and O–H groups in total. The molecule has 2 rings (SSSR count). The van der Waals surface area contributed by atoms with Gasteiger partial charge >= 0.3 is 12.1 Å². The van der Waals surface area contributed by atoms with Crippen molar-refractivity contribution < 1.29 is 27.4 Å². The number of esters is 1. The second-order valence-corrected chi connectivity index (χ2v) is 6.96. The summed E-state index contributed by atoms with van der Waals surface area (Å²) in [5, 5.41) is 11.7. The summed E-state index contributed by atoms with van der Waals surface area (Å²) in [6, 6.07) is 3.17. The maximum atomic E-state index is 12.8. The summed E-state index contributed by atoms with van der Waals surface area (Å²) in [5.41, 5.74) is -0.701. The van der Waals surface area contributed by atoms with Crippen molar-refractivity contribution in [1.82, 2.24) is 4.98 Å². The molecule has 2 aromatic rings. The Morgan fingerprint density at radius 1 is 1.46 bits per heavy atom. The van der Waals surface area contributed by atoms with Gasteiger partial charge in [0.1, 0.15) is 0 Å². The van der Waals surface area contributed by atoms with Crippen molar-refractivity contribution in [1.29, 1.82) is 0 Å². The molecule has 5 nitrogen and oxygen atoms in total. The average molecular weight is 378 g/mol. The van der Waals surface area contributed by atoms with Crippen LogP contribution in [-0.2, 0) is 22.1 Å². The standard InChI is InChI=1S/C14H13F3N2O3S2/c1-3-22-12(20)7-9-8(2)18-13(23-9)24-11-6-4-5-10(19(11)21)14(15,16)17/h4-6H,3,7H2,1-2H3. The molecule has 0 amide bonds. The number of rotatable bonds is 5. The van der Waals surface area contributed by atoms with Gasteiger partial charge in [-0.2, -0.15) is 17.9 Å². The summed E-state index contributed by atoms with van der Waals surface area (Å²) in [5.74, 6) is -0.404. The van der Waals surface area contributed by atoms with Gasteiger partial charge in [-0.15, -0.1) is 11.3 Å². The van der Waals surface area contributed by atoms with Crippen LogP contribution >= 0.6 is 23.1 Å². The van der Waals surface area contributed by atoms with Crippen molar-refractivity contribution in [2.75, 3.05) is 6.61 Å². The van der Waals surface area contributed by atoms with Crippen LogP contribution in [0.1, 0.15) is 23.2 Å². The molecule has 0 radical (unpaired) electrons. The molecule has 0 saturated heterocycles. The van der Waals surface area contributed by atoms with E-state index in [2.05, 4.69) is 4.98 Å². The molecule has 0 aliphatic rings. The maximum absolute atomic E-state index is 12.8. The van der Waals surface area contributed by atoms with E-state index in [0.29, 0.717) is 14.9 Å². The molecule has 130 valence electrons. The van der Waals surface area contributed by atoms with Gasteiger partial charge in [0.25, 0.3) is 10.7 Å². The lowest BCUT2D eigenvalue weighted by molar-refractivity contribution is -0.666. The summed E-state index contributed by atoms with van der Waals surface area (Å²) in [7, 11) is 0. The number of aryl methyl sites for hydroxylation is 1. The molecule has 0 aliphatic heterocycles. The zero-order valence-electron chi connectivity index (χ0n) is 12.7. The zero-order valence-corrected chi connectivity index (χ0v) is 14.3. The first-order valence-corrected chi connectivity index (χ1v) is 8.45. The lowest BCUT2D eigenvalue weighted by atomic mass is 10.3. The Kier molecular flexibility index (Phi) is 5.70. The van der Waals surface area contributed by atoms with Crippen LogP contribution in [0.5, 0.6) is 0 Å². The number of nitrogens with zero attached hydrogens (tertiary/aromatic N) is 2. The van der Waals surface area contributed by atoms with Crippen LogP contribution in [0.2, 0.25) is 0 Å². The molecule has 2 heterocycles. The monoisotopic (exact) mass is 378 g/mol. The van der Waals surface area contributed by atoms with Gasteiger partial charge < -0.3 is 9.94 Å². The van der Waals surface area contributed by atoms with E-state index in [9.17, 15) is 23.2 Å². The van der Waals surface area contributed by atoms with E-state index in [1.54, 1.807) is 13.8 Å². The fourth-order valence-electron chi connectivity index (χ4n) is 1.80. The molecule has 0 spiro atoms. The van der Waals surface area contributed by atoms with Crippen molar-refractivity contribution in [2.24, 2.45) is 0 Å². The third-order valence-electron chi connectivity index (χ3n) is 2.88. The maximum Gasteiger partial charge on any atom is 0.478 e. The highest BCUT2D eigenvalue weighted by atomic mass is 32.2. The smallest absolute Gasteiger partial charge is 0.478 e. The predicted molar refractivity (Wildman–Crippen MR) is 81.7 cm³/mol. The van der Waals surface area contributed by atoms with Gasteiger partial charge in [-0.3, -0.25) is 4.79 Å². The number of aromatic nitrogens is 2. The molecule has 0 saturated carbocycles. The first-order valence-electron chi connectivity index (χ1n) is 6.82. The Balaban J connectivity index is 2.22. The molecule has 0 unspecified atom stereocenters. The van der Waals surface area contributed by atoms with Crippen LogP contribution in [0.25, 0.3) is 0 Å². The predicted octanol–water partition coefficient (Wildman–Crippen LogP) is 3.36. The van der Waals surface area contributed by atoms with Crippen LogP contribution in [0.3, 0.4) is 0 Å². The van der Waals surface area contributed by atoms with Crippen molar-refractivity contribution >= 4 is 29.1 Å². The van der Waals surface area contributed by atoms with E-state index in [-0.39, 0.29) is 22.8 Å². The Labute approximate surface area is 144 Å². The molecule has 24 heavy (non-hydrogen) atoms. The number of halogens is 3. The van der Waals surface area contributed by atoms with Crippen molar-refractivity contribution in [3.05, 3.63) is 39.7 Å². The summed E-state index contributed by atoms with van der Waals surface area (Å²) >= 11 is 1.97. The van der Waals surface area contributed by atoms with Crippen LogP contribution in [0.4, 0.5) is 13.2 Å². The van der Waals surface area contributed by atoms with Gasteiger partial charge in [0.15, 0.2) is 4.34 Å². The number of thiazole rings is 1. The van der Waals surface area contributed by atoms with Crippen LogP contribution in [0.15, 0.2) is 27.6 Å². The Bertz CT molecular complexity index is 747. The molecule has 2 aromatic heterocycles.